The van der Waals surface area contributed by atoms with E-state index in [4.69, 9.17) is 18.8 Å². The van der Waals surface area contributed by atoms with E-state index in [0.717, 1.165) is 68.5 Å². The predicted molar refractivity (Wildman–Crippen MR) is 133 cm³/mol. The third-order valence-electron chi connectivity index (χ3n) is 7.91. The highest BCUT2D eigenvalue weighted by Crippen LogP contribution is 2.36. The molecule has 186 valence electrons. The monoisotopic (exact) mass is 479 g/mol. The minimum absolute atomic E-state index is 0.389. The molecular weight excluding hydrogens is 445 g/mol. The maximum Gasteiger partial charge on any atom is 0.498 e. The zero-order chi connectivity index (χ0) is 24.2. The Bertz CT molecular complexity index is 1180. The fraction of sp³-hybridized carbons (Fsp3) is 0.560. The van der Waals surface area contributed by atoms with Gasteiger partial charge in [-0.3, -0.25) is 9.80 Å². The third-order valence-corrected chi connectivity index (χ3v) is 7.91. The van der Waals surface area contributed by atoms with Crippen LogP contribution in [0.5, 0.6) is 11.6 Å². The standard InChI is InChI=1S/C25H34BN5O4/c1-24(2)25(3,4)35-26(34-24)21-13-27-31-15-20(6-7-22(21)31)33-23-8-5-18(28-23)14-29-9-11-30(12-10-29)19-16-32-17-19/h5-8,13,15,19,28H,9-12,14,16-17H2,1-4H3. The number of H-pyrrole nitrogens is 1. The summed E-state index contributed by atoms with van der Waals surface area (Å²) in [4.78, 5) is 8.45. The van der Waals surface area contributed by atoms with Crippen LogP contribution in [0.4, 0.5) is 0 Å². The average molecular weight is 479 g/mol. The van der Waals surface area contributed by atoms with Crippen LogP contribution < -0.4 is 10.2 Å². The number of ether oxygens (including phenoxy) is 2. The van der Waals surface area contributed by atoms with E-state index < -0.39 is 7.12 Å². The number of nitrogens with one attached hydrogen (secondary N) is 1. The van der Waals surface area contributed by atoms with Crippen LogP contribution in [0.15, 0.2) is 36.7 Å². The third kappa shape index (κ3) is 4.38. The van der Waals surface area contributed by atoms with Crippen molar-refractivity contribution in [3.8, 4) is 11.6 Å². The van der Waals surface area contributed by atoms with Gasteiger partial charge in [0, 0.05) is 56.1 Å². The van der Waals surface area contributed by atoms with Crippen LogP contribution in [-0.4, -0.2) is 88.2 Å². The first-order valence-corrected chi connectivity index (χ1v) is 12.5. The molecule has 3 aromatic heterocycles. The number of piperazine rings is 1. The van der Waals surface area contributed by atoms with Gasteiger partial charge in [-0.05, 0) is 45.9 Å². The number of aromatic amines is 1. The molecule has 6 rings (SSSR count). The van der Waals surface area contributed by atoms with Crippen LogP contribution in [-0.2, 0) is 20.6 Å². The van der Waals surface area contributed by atoms with Crippen molar-refractivity contribution in [2.75, 3.05) is 39.4 Å². The molecule has 0 aromatic carbocycles. The summed E-state index contributed by atoms with van der Waals surface area (Å²) in [7, 11) is -0.445. The molecular formula is C25H34BN5O4. The van der Waals surface area contributed by atoms with Crippen molar-refractivity contribution >= 4 is 18.1 Å². The Labute approximate surface area is 206 Å². The second-order valence-electron chi connectivity index (χ2n) is 10.8. The fourth-order valence-corrected chi connectivity index (χ4v) is 4.86. The first kappa shape index (κ1) is 23.1. The molecule has 3 aromatic rings. The Morgan fingerprint density at radius 1 is 1.03 bits per heavy atom. The van der Waals surface area contributed by atoms with Gasteiger partial charge in [-0.1, -0.05) is 0 Å². The molecule has 0 amide bonds. The minimum Gasteiger partial charge on any atom is -0.439 e. The van der Waals surface area contributed by atoms with Gasteiger partial charge in [0.25, 0.3) is 0 Å². The number of rotatable bonds is 6. The number of pyridine rings is 1. The summed E-state index contributed by atoms with van der Waals surface area (Å²) in [5.41, 5.74) is 2.24. The number of fused-ring (bicyclic) bond motifs is 1. The summed E-state index contributed by atoms with van der Waals surface area (Å²) in [6, 6.07) is 8.67. The summed E-state index contributed by atoms with van der Waals surface area (Å²) in [6.07, 6.45) is 3.69. The Hall–Kier alpha value is -2.37. The van der Waals surface area contributed by atoms with Crippen molar-refractivity contribution in [2.24, 2.45) is 0 Å². The molecule has 0 bridgehead atoms. The van der Waals surface area contributed by atoms with E-state index in [2.05, 4.69) is 53.6 Å². The second kappa shape index (κ2) is 8.64. The lowest BCUT2D eigenvalue weighted by molar-refractivity contribution is -0.0774. The highest BCUT2D eigenvalue weighted by Gasteiger charge is 2.52. The minimum atomic E-state index is -0.445. The first-order valence-electron chi connectivity index (χ1n) is 12.5. The zero-order valence-electron chi connectivity index (χ0n) is 21.0. The van der Waals surface area contributed by atoms with Crippen molar-refractivity contribution in [3.63, 3.8) is 0 Å². The van der Waals surface area contributed by atoms with Crippen molar-refractivity contribution in [3.05, 3.63) is 42.4 Å². The van der Waals surface area contributed by atoms with E-state index in [1.165, 1.54) is 0 Å². The van der Waals surface area contributed by atoms with E-state index in [-0.39, 0.29) is 11.2 Å². The molecule has 3 saturated heterocycles. The Morgan fingerprint density at radius 2 is 1.77 bits per heavy atom. The quantitative estimate of drug-likeness (QED) is 0.544. The Balaban J connectivity index is 1.08. The van der Waals surface area contributed by atoms with Crippen LogP contribution in [0, 0.1) is 0 Å². The topological polar surface area (TPSA) is 76.5 Å². The van der Waals surface area contributed by atoms with Gasteiger partial charge in [0.05, 0.1) is 42.2 Å². The van der Waals surface area contributed by atoms with E-state index in [0.29, 0.717) is 11.8 Å². The van der Waals surface area contributed by atoms with Gasteiger partial charge in [-0.25, -0.2) is 4.52 Å². The second-order valence-corrected chi connectivity index (χ2v) is 10.8. The highest BCUT2D eigenvalue weighted by molar-refractivity contribution is 6.64. The lowest BCUT2D eigenvalue weighted by atomic mass is 9.80. The van der Waals surface area contributed by atoms with Crippen LogP contribution in [0.3, 0.4) is 0 Å². The lowest BCUT2D eigenvalue weighted by Crippen LogP contribution is -2.56. The van der Waals surface area contributed by atoms with Crippen LogP contribution in [0.25, 0.3) is 5.52 Å². The summed E-state index contributed by atoms with van der Waals surface area (Å²) >= 11 is 0. The molecule has 3 aliphatic heterocycles. The maximum atomic E-state index is 6.21. The van der Waals surface area contributed by atoms with E-state index in [9.17, 15) is 0 Å². The van der Waals surface area contributed by atoms with Gasteiger partial charge in [0.2, 0.25) is 0 Å². The van der Waals surface area contributed by atoms with Crippen LogP contribution in [0.1, 0.15) is 33.4 Å². The van der Waals surface area contributed by atoms with Gasteiger partial charge >= 0.3 is 7.12 Å². The summed E-state index contributed by atoms with van der Waals surface area (Å²) in [5, 5.41) is 4.52. The lowest BCUT2D eigenvalue weighted by Gasteiger charge is -2.42. The van der Waals surface area contributed by atoms with Gasteiger partial charge in [0.1, 0.15) is 5.75 Å². The fourth-order valence-electron chi connectivity index (χ4n) is 4.86. The smallest absolute Gasteiger partial charge is 0.439 e. The van der Waals surface area contributed by atoms with Gasteiger partial charge in [0.15, 0.2) is 5.88 Å². The molecule has 0 radical (unpaired) electrons. The summed E-state index contributed by atoms with van der Waals surface area (Å²) in [5.74, 6) is 1.44. The Morgan fingerprint density at radius 3 is 2.46 bits per heavy atom. The maximum absolute atomic E-state index is 6.21. The largest absolute Gasteiger partial charge is 0.498 e. The predicted octanol–water partition coefficient (Wildman–Crippen LogP) is 2.27. The van der Waals surface area contributed by atoms with E-state index in [1.54, 1.807) is 0 Å². The molecule has 1 N–H and O–H groups in total. The van der Waals surface area contributed by atoms with E-state index >= 15 is 0 Å². The normalized spacial score (nSPS) is 23.1. The number of aromatic nitrogens is 3. The van der Waals surface area contributed by atoms with Crippen molar-refractivity contribution in [1.29, 1.82) is 0 Å². The van der Waals surface area contributed by atoms with Crippen LogP contribution in [0.2, 0.25) is 0 Å². The molecule has 10 heteroatoms. The molecule has 0 spiro atoms. The molecule has 9 nitrogen and oxygen atoms in total. The van der Waals surface area contributed by atoms with E-state index in [1.807, 2.05) is 35.1 Å². The molecule has 3 fully saturated rings. The van der Waals surface area contributed by atoms with Crippen molar-refractivity contribution in [1.82, 2.24) is 24.4 Å². The summed E-state index contributed by atoms with van der Waals surface area (Å²) in [6.45, 7) is 15.3. The van der Waals surface area contributed by atoms with Crippen LogP contribution >= 0.6 is 0 Å². The molecule has 0 aliphatic carbocycles. The average Bonchev–Trinajstić information content (AvgIpc) is 3.44. The highest BCUT2D eigenvalue weighted by atomic mass is 16.7. The zero-order valence-corrected chi connectivity index (χ0v) is 21.0. The SMILES string of the molecule is CC1(C)OB(c2cnn3cc(Oc4ccc(CN5CCN(C6COC6)CC5)[nH]4)ccc23)OC1(C)C. The molecule has 3 aliphatic rings. The molecule has 0 saturated carbocycles. The van der Waals surface area contributed by atoms with Crippen molar-refractivity contribution in [2.45, 2.75) is 51.5 Å². The van der Waals surface area contributed by atoms with Gasteiger partial charge in [-0.2, -0.15) is 5.10 Å². The summed E-state index contributed by atoms with van der Waals surface area (Å²) < 4.78 is 25.7. The molecule has 0 unspecified atom stereocenters. The van der Waals surface area contributed by atoms with Gasteiger partial charge in [-0.15, -0.1) is 0 Å². The molecule has 6 heterocycles. The number of hydrogen-bond donors (Lipinski definition) is 1. The Kier molecular flexibility index (Phi) is 5.69. The van der Waals surface area contributed by atoms with Crippen molar-refractivity contribution < 1.29 is 18.8 Å². The number of nitrogens with zero attached hydrogens (tertiary/aromatic N) is 4. The molecule has 35 heavy (non-hydrogen) atoms. The number of hydrogen-bond acceptors (Lipinski definition) is 7. The molecule has 0 atom stereocenters. The van der Waals surface area contributed by atoms with Gasteiger partial charge < -0.3 is 23.8 Å². The first-order chi connectivity index (χ1) is 16.8.